The van der Waals surface area contributed by atoms with E-state index in [1.807, 2.05) is 47.8 Å². The number of pyridine rings is 1. The third-order valence-corrected chi connectivity index (χ3v) is 5.52. The summed E-state index contributed by atoms with van der Waals surface area (Å²) >= 11 is 1.43. The van der Waals surface area contributed by atoms with E-state index in [1.54, 1.807) is 16.9 Å². The molecule has 0 fully saturated rings. The van der Waals surface area contributed by atoms with E-state index in [-0.39, 0.29) is 5.56 Å². The van der Waals surface area contributed by atoms with Crippen LogP contribution in [0.25, 0.3) is 27.3 Å². The summed E-state index contributed by atoms with van der Waals surface area (Å²) in [6.07, 6.45) is -4.56. The van der Waals surface area contributed by atoms with Crippen LogP contribution in [0.3, 0.4) is 0 Å². The fraction of sp³-hybridized carbons (Fsp3) is 0.182. The van der Waals surface area contributed by atoms with Gasteiger partial charge in [-0.2, -0.15) is 18.3 Å². The molecule has 0 radical (unpaired) electrons. The molecule has 4 rings (SSSR count). The highest BCUT2D eigenvalue weighted by molar-refractivity contribution is 7.13. The molecule has 7 nitrogen and oxygen atoms in total. The molecule has 0 saturated heterocycles. The zero-order valence-electron chi connectivity index (χ0n) is 17.2. The van der Waals surface area contributed by atoms with Gasteiger partial charge in [0, 0.05) is 0 Å². The van der Waals surface area contributed by atoms with Gasteiger partial charge >= 0.3 is 12.1 Å². The number of hydrogen-bond acceptors (Lipinski definition) is 6. The Hall–Kier alpha value is -3.73. The van der Waals surface area contributed by atoms with Gasteiger partial charge in [-0.3, -0.25) is 4.79 Å². The van der Waals surface area contributed by atoms with Crippen molar-refractivity contribution in [2.45, 2.75) is 13.1 Å². The van der Waals surface area contributed by atoms with Crippen molar-refractivity contribution < 1.29 is 27.5 Å². The van der Waals surface area contributed by atoms with Gasteiger partial charge in [0.05, 0.1) is 32.9 Å². The summed E-state index contributed by atoms with van der Waals surface area (Å²) in [6, 6.07) is 14.4. The quantitative estimate of drug-likeness (QED) is 0.422. The highest BCUT2D eigenvalue weighted by atomic mass is 32.1. The second-order valence-electron chi connectivity index (χ2n) is 7.03. The van der Waals surface area contributed by atoms with Crippen molar-refractivity contribution in [2.24, 2.45) is 0 Å². The molecule has 0 unspecified atom stereocenters. The molecule has 170 valence electrons. The van der Waals surface area contributed by atoms with Crippen molar-refractivity contribution in [1.29, 1.82) is 0 Å². The van der Waals surface area contributed by atoms with Crippen molar-refractivity contribution in [2.75, 3.05) is 13.2 Å². The molecule has 33 heavy (non-hydrogen) atoms. The third kappa shape index (κ3) is 5.03. The van der Waals surface area contributed by atoms with E-state index in [0.29, 0.717) is 22.4 Å². The number of alkyl halides is 3. The maximum absolute atomic E-state index is 12.9. The highest BCUT2D eigenvalue weighted by Gasteiger charge is 2.28. The molecule has 0 aliphatic rings. The molecule has 1 N–H and O–H groups in total. The Morgan fingerprint density at radius 1 is 1.15 bits per heavy atom. The van der Waals surface area contributed by atoms with Gasteiger partial charge in [0.25, 0.3) is 5.91 Å². The van der Waals surface area contributed by atoms with Crippen molar-refractivity contribution in [1.82, 2.24) is 20.1 Å². The van der Waals surface area contributed by atoms with Gasteiger partial charge in [0.2, 0.25) is 0 Å². The SMILES string of the molecule is Cc1nn(-c2ccccc2)c2nc(-c3cccs3)cc(C(=O)OCC(=O)NCC(F)(F)F)c12. The molecule has 0 aliphatic carbocycles. The Morgan fingerprint density at radius 3 is 2.58 bits per heavy atom. The molecule has 0 aliphatic heterocycles. The number of para-hydroxylation sites is 1. The summed E-state index contributed by atoms with van der Waals surface area (Å²) < 4.78 is 43.5. The number of thiophene rings is 1. The molecular weight excluding hydrogens is 457 g/mol. The van der Waals surface area contributed by atoms with E-state index < -0.39 is 31.2 Å². The lowest BCUT2D eigenvalue weighted by atomic mass is 10.1. The predicted molar refractivity (Wildman–Crippen MR) is 116 cm³/mol. The maximum atomic E-state index is 12.9. The fourth-order valence-electron chi connectivity index (χ4n) is 3.21. The lowest BCUT2D eigenvalue weighted by Crippen LogP contribution is -2.36. The smallest absolute Gasteiger partial charge is 0.405 e. The number of halogens is 3. The number of fused-ring (bicyclic) bond motifs is 1. The molecule has 3 heterocycles. The Labute approximate surface area is 189 Å². The van der Waals surface area contributed by atoms with Crippen LogP contribution in [0, 0.1) is 6.92 Å². The first-order chi connectivity index (χ1) is 15.7. The van der Waals surface area contributed by atoms with E-state index in [0.717, 1.165) is 10.6 Å². The van der Waals surface area contributed by atoms with Crippen LogP contribution >= 0.6 is 11.3 Å². The second-order valence-corrected chi connectivity index (χ2v) is 7.98. The number of hydrogen-bond donors (Lipinski definition) is 1. The Morgan fingerprint density at radius 2 is 1.91 bits per heavy atom. The number of carbonyl (C=O) groups excluding carboxylic acids is 2. The average molecular weight is 474 g/mol. The number of benzene rings is 1. The van der Waals surface area contributed by atoms with Crippen LogP contribution in [0.2, 0.25) is 0 Å². The molecule has 4 aromatic rings. The fourth-order valence-corrected chi connectivity index (χ4v) is 3.89. The number of nitrogens with zero attached hydrogens (tertiary/aromatic N) is 3. The number of amides is 1. The molecule has 1 aromatic carbocycles. The standard InChI is InChI=1S/C22H17F3N4O3S/c1-13-19-15(21(31)32-11-18(30)26-12-22(23,24)25)10-16(17-8-5-9-33-17)27-20(19)29(28-13)14-6-3-2-4-7-14/h2-10H,11-12H2,1H3,(H,26,30). The Kier molecular flexibility index (Phi) is 6.14. The number of carbonyl (C=O) groups is 2. The molecule has 0 bridgehead atoms. The lowest BCUT2D eigenvalue weighted by molar-refractivity contribution is -0.140. The zero-order valence-corrected chi connectivity index (χ0v) is 18.0. The van der Waals surface area contributed by atoms with Crippen LogP contribution in [0.15, 0.2) is 53.9 Å². The first-order valence-corrected chi connectivity index (χ1v) is 10.6. The summed E-state index contributed by atoms with van der Waals surface area (Å²) in [7, 11) is 0. The van der Waals surface area contributed by atoms with E-state index in [4.69, 9.17) is 9.72 Å². The van der Waals surface area contributed by atoms with Crippen LogP contribution in [0.1, 0.15) is 16.1 Å². The van der Waals surface area contributed by atoms with Crippen LogP contribution in [0.5, 0.6) is 0 Å². The van der Waals surface area contributed by atoms with E-state index in [1.165, 1.54) is 17.4 Å². The number of esters is 1. The topological polar surface area (TPSA) is 86.1 Å². The van der Waals surface area contributed by atoms with Crippen LogP contribution < -0.4 is 5.32 Å². The van der Waals surface area contributed by atoms with Gasteiger partial charge < -0.3 is 10.1 Å². The average Bonchev–Trinajstić information content (AvgIpc) is 3.44. The molecule has 3 aromatic heterocycles. The monoisotopic (exact) mass is 474 g/mol. The molecule has 1 amide bonds. The van der Waals surface area contributed by atoms with E-state index in [9.17, 15) is 22.8 Å². The van der Waals surface area contributed by atoms with Gasteiger partial charge in [-0.15, -0.1) is 11.3 Å². The number of rotatable bonds is 6. The minimum absolute atomic E-state index is 0.117. The molecule has 0 atom stereocenters. The van der Waals surface area contributed by atoms with Crippen LogP contribution in [-0.2, 0) is 9.53 Å². The number of aromatic nitrogens is 3. The summed E-state index contributed by atoms with van der Waals surface area (Å²) in [5, 5.41) is 8.49. The number of aryl methyl sites for hydroxylation is 1. The minimum atomic E-state index is -4.56. The highest BCUT2D eigenvalue weighted by Crippen LogP contribution is 2.31. The Bertz CT molecular complexity index is 1300. The van der Waals surface area contributed by atoms with E-state index >= 15 is 0 Å². The van der Waals surface area contributed by atoms with Crippen molar-refractivity contribution in [3.63, 3.8) is 0 Å². The van der Waals surface area contributed by atoms with Crippen molar-refractivity contribution >= 4 is 34.2 Å². The maximum Gasteiger partial charge on any atom is 0.405 e. The van der Waals surface area contributed by atoms with Crippen molar-refractivity contribution in [3.8, 4) is 16.3 Å². The summed E-state index contributed by atoms with van der Waals surface area (Å²) in [5.41, 5.74) is 2.28. The zero-order chi connectivity index (χ0) is 23.6. The van der Waals surface area contributed by atoms with Gasteiger partial charge in [-0.1, -0.05) is 24.3 Å². The molecule has 0 spiro atoms. The normalized spacial score (nSPS) is 11.5. The first kappa shape index (κ1) is 22.5. The molecular formula is C22H17F3N4O3S. The van der Waals surface area contributed by atoms with Crippen LogP contribution in [-0.4, -0.2) is 46.0 Å². The van der Waals surface area contributed by atoms with Crippen molar-refractivity contribution in [3.05, 3.63) is 65.2 Å². The first-order valence-electron chi connectivity index (χ1n) is 9.73. The second kappa shape index (κ2) is 9.02. The summed E-state index contributed by atoms with van der Waals surface area (Å²) in [5.74, 6) is -1.92. The summed E-state index contributed by atoms with van der Waals surface area (Å²) in [4.78, 5) is 30.1. The minimum Gasteiger partial charge on any atom is -0.452 e. The predicted octanol–water partition coefficient (Wildman–Crippen LogP) is 4.29. The van der Waals surface area contributed by atoms with E-state index in [2.05, 4.69) is 5.10 Å². The molecule has 0 saturated carbocycles. The van der Waals surface area contributed by atoms with Gasteiger partial charge in [0.1, 0.15) is 6.54 Å². The molecule has 11 heteroatoms. The summed E-state index contributed by atoms with van der Waals surface area (Å²) in [6.45, 7) is -0.644. The lowest BCUT2D eigenvalue weighted by Gasteiger charge is -2.10. The van der Waals surface area contributed by atoms with Gasteiger partial charge in [0.15, 0.2) is 12.3 Å². The number of ether oxygens (including phenoxy) is 1. The largest absolute Gasteiger partial charge is 0.452 e. The Balaban J connectivity index is 1.72. The van der Waals surface area contributed by atoms with Crippen LogP contribution in [0.4, 0.5) is 13.2 Å². The van der Waals surface area contributed by atoms with Gasteiger partial charge in [-0.05, 0) is 36.6 Å². The number of nitrogens with one attached hydrogen (secondary N) is 1. The van der Waals surface area contributed by atoms with Gasteiger partial charge in [-0.25, -0.2) is 14.5 Å². The third-order valence-electron chi connectivity index (χ3n) is 4.63.